The van der Waals surface area contributed by atoms with E-state index in [1.165, 1.54) is 0 Å². The minimum Gasteiger partial charge on any atom is -0.0596 e. The molecule has 0 aliphatic heterocycles. The molecule has 0 heterocycles. The second-order valence-electron chi connectivity index (χ2n) is 9.07. The van der Waals surface area contributed by atoms with Gasteiger partial charge in [0.2, 0.25) is 0 Å². The lowest BCUT2D eigenvalue weighted by Crippen LogP contribution is -2.56. The number of rotatable bonds is 1. The first kappa shape index (κ1) is 12.1. The molecule has 0 saturated heterocycles. The van der Waals surface area contributed by atoms with Gasteiger partial charge in [-0.1, -0.05) is 34.6 Å². The van der Waals surface area contributed by atoms with E-state index < -0.39 is 0 Å². The highest BCUT2D eigenvalue weighted by Gasteiger charge is 2.59. The van der Waals surface area contributed by atoms with Gasteiger partial charge in [-0.05, 0) is 72.5 Å². The third-order valence-electron chi connectivity index (χ3n) is 7.24. The molecular weight excluding hydrogens is 204 g/mol. The van der Waals surface area contributed by atoms with E-state index in [4.69, 9.17) is 0 Å². The SMILES string of the molecule is CC(C)(C)C(C)(C)C12CC3CC(CC(C3)C1)C2. The van der Waals surface area contributed by atoms with Crippen LogP contribution >= 0.6 is 0 Å². The Bertz CT molecular complexity index is 280. The predicted octanol–water partition coefficient (Wildman–Crippen LogP) is 5.28. The van der Waals surface area contributed by atoms with Crippen LogP contribution in [0.1, 0.15) is 73.1 Å². The molecule has 0 aromatic heterocycles. The van der Waals surface area contributed by atoms with E-state index in [0.717, 1.165) is 17.8 Å². The molecule has 0 radical (unpaired) electrons. The van der Waals surface area contributed by atoms with Crippen LogP contribution in [0.5, 0.6) is 0 Å². The molecule has 4 bridgehead atoms. The first-order chi connectivity index (χ1) is 7.73. The van der Waals surface area contributed by atoms with Crippen LogP contribution in [-0.4, -0.2) is 0 Å². The first-order valence-electron chi connectivity index (χ1n) is 7.73. The third-order valence-corrected chi connectivity index (χ3v) is 7.24. The summed E-state index contributed by atoms with van der Waals surface area (Å²) in [5, 5.41) is 0. The fraction of sp³-hybridized carbons (Fsp3) is 1.00. The van der Waals surface area contributed by atoms with Gasteiger partial charge >= 0.3 is 0 Å². The molecule has 0 spiro atoms. The maximum absolute atomic E-state index is 2.57. The molecule has 4 aliphatic rings. The molecule has 0 aromatic rings. The molecule has 4 rings (SSSR count). The highest BCUT2D eigenvalue weighted by Crippen LogP contribution is 2.69. The van der Waals surface area contributed by atoms with E-state index in [9.17, 15) is 0 Å². The van der Waals surface area contributed by atoms with Crippen LogP contribution < -0.4 is 0 Å². The molecule has 0 heteroatoms. The monoisotopic (exact) mass is 234 g/mol. The van der Waals surface area contributed by atoms with Crippen molar-refractivity contribution in [1.29, 1.82) is 0 Å². The minimum absolute atomic E-state index is 0.443. The van der Waals surface area contributed by atoms with Crippen molar-refractivity contribution in [1.82, 2.24) is 0 Å². The van der Waals surface area contributed by atoms with Crippen molar-refractivity contribution in [3.05, 3.63) is 0 Å². The Kier molecular flexibility index (Phi) is 2.34. The molecule has 0 N–H and O–H groups in total. The van der Waals surface area contributed by atoms with Gasteiger partial charge in [0.05, 0.1) is 0 Å². The van der Waals surface area contributed by atoms with E-state index in [1.54, 1.807) is 38.5 Å². The molecule has 17 heavy (non-hydrogen) atoms. The Morgan fingerprint density at radius 3 is 1.35 bits per heavy atom. The van der Waals surface area contributed by atoms with Crippen molar-refractivity contribution in [3.8, 4) is 0 Å². The summed E-state index contributed by atoms with van der Waals surface area (Å²) in [5.74, 6) is 3.26. The number of hydrogen-bond acceptors (Lipinski definition) is 0. The van der Waals surface area contributed by atoms with E-state index in [0.29, 0.717) is 16.2 Å². The maximum atomic E-state index is 2.57. The molecular formula is C17H30. The van der Waals surface area contributed by atoms with Gasteiger partial charge in [-0.25, -0.2) is 0 Å². The molecule has 0 atom stereocenters. The Labute approximate surface area is 108 Å². The second kappa shape index (κ2) is 3.31. The van der Waals surface area contributed by atoms with E-state index in [2.05, 4.69) is 34.6 Å². The lowest BCUT2D eigenvalue weighted by Gasteiger charge is -2.65. The van der Waals surface area contributed by atoms with Crippen molar-refractivity contribution in [2.75, 3.05) is 0 Å². The maximum Gasteiger partial charge on any atom is -0.0233 e. The Balaban J connectivity index is 1.97. The zero-order valence-electron chi connectivity index (χ0n) is 12.5. The van der Waals surface area contributed by atoms with Crippen LogP contribution in [0.4, 0.5) is 0 Å². The zero-order chi connectivity index (χ0) is 12.5. The van der Waals surface area contributed by atoms with Gasteiger partial charge in [-0.2, -0.15) is 0 Å². The molecule has 0 aromatic carbocycles. The lowest BCUT2D eigenvalue weighted by molar-refractivity contribution is -0.156. The quantitative estimate of drug-likeness (QED) is 0.579. The Morgan fingerprint density at radius 2 is 1.06 bits per heavy atom. The molecule has 4 saturated carbocycles. The van der Waals surface area contributed by atoms with Gasteiger partial charge in [-0.3, -0.25) is 0 Å². The first-order valence-corrected chi connectivity index (χ1v) is 7.73. The smallest absolute Gasteiger partial charge is 0.0233 e. The predicted molar refractivity (Wildman–Crippen MR) is 73.8 cm³/mol. The lowest BCUT2D eigenvalue weighted by atomic mass is 9.40. The van der Waals surface area contributed by atoms with Gasteiger partial charge in [0.25, 0.3) is 0 Å². The largest absolute Gasteiger partial charge is 0.0596 e. The average molecular weight is 234 g/mol. The van der Waals surface area contributed by atoms with Crippen LogP contribution in [0.2, 0.25) is 0 Å². The fourth-order valence-corrected chi connectivity index (χ4v) is 5.67. The normalized spacial score (nSPS) is 45.4. The summed E-state index contributed by atoms with van der Waals surface area (Å²) >= 11 is 0. The van der Waals surface area contributed by atoms with Crippen LogP contribution in [0, 0.1) is 34.0 Å². The van der Waals surface area contributed by atoms with E-state index in [1.807, 2.05) is 0 Å². The Hall–Kier alpha value is 0. The molecule has 0 unspecified atom stereocenters. The van der Waals surface area contributed by atoms with Crippen LogP contribution in [-0.2, 0) is 0 Å². The summed E-state index contributed by atoms with van der Waals surface area (Å²) in [4.78, 5) is 0. The summed E-state index contributed by atoms with van der Waals surface area (Å²) in [6, 6.07) is 0. The summed E-state index contributed by atoms with van der Waals surface area (Å²) in [6.45, 7) is 12.5. The molecule has 4 aliphatic carbocycles. The molecule has 98 valence electrons. The van der Waals surface area contributed by atoms with Crippen molar-refractivity contribution in [3.63, 3.8) is 0 Å². The van der Waals surface area contributed by atoms with Gasteiger partial charge in [0.15, 0.2) is 0 Å². The van der Waals surface area contributed by atoms with Gasteiger partial charge in [0, 0.05) is 0 Å². The van der Waals surface area contributed by atoms with Gasteiger partial charge < -0.3 is 0 Å². The summed E-state index contributed by atoms with van der Waals surface area (Å²) in [5.41, 5.74) is 1.62. The van der Waals surface area contributed by atoms with E-state index in [-0.39, 0.29) is 0 Å². The summed E-state index contributed by atoms with van der Waals surface area (Å²) in [6.07, 6.45) is 9.34. The Morgan fingerprint density at radius 1 is 0.706 bits per heavy atom. The third kappa shape index (κ3) is 1.55. The topological polar surface area (TPSA) is 0 Å². The van der Waals surface area contributed by atoms with E-state index >= 15 is 0 Å². The van der Waals surface area contributed by atoms with Gasteiger partial charge in [-0.15, -0.1) is 0 Å². The standard InChI is InChI=1S/C17H30/c1-15(2,3)16(4,5)17-9-12-6-13(10-17)8-14(7-12)11-17/h12-14H,6-11H2,1-5H3. The summed E-state index contributed by atoms with van der Waals surface area (Å²) < 4.78 is 0. The van der Waals surface area contributed by atoms with Crippen molar-refractivity contribution >= 4 is 0 Å². The van der Waals surface area contributed by atoms with Crippen LogP contribution in [0.15, 0.2) is 0 Å². The minimum atomic E-state index is 0.443. The van der Waals surface area contributed by atoms with Crippen molar-refractivity contribution in [2.24, 2.45) is 34.0 Å². The van der Waals surface area contributed by atoms with Gasteiger partial charge in [0.1, 0.15) is 0 Å². The average Bonchev–Trinajstić information content (AvgIpc) is 2.12. The summed E-state index contributed by atoms with van der Waals surface area (Å²) in [7, 11) is 0. The zero-order valence-corrected chi connectivity index (χ0v) is 12.5. The van der Waals surface area contributed by atoms with Crippen molar-refractivity contribution in [2.45, 2.75) is 73.1 Å². The van der Waals surface area contributed by atoms with Crippen molar-refractivity contribution < 1.29 is 0 Å². The molecule has 0 amide bonds. The van der Waals surface area contributed by atoms with Crippen LogP contribution in [0.25, 0.3) is 0 Å². The molecule has 4 fully saturated rings. The molecule has 0 nitrogen and oxygen atoms in total. The second-order valence-corrected chi connectivity index (χ2v) is 9.07. The van der Waals surface area contributed by atoms with Crippen LogP contribution in [0.3, 0.4) is 0 Å². The fourth-order valence-electron chi connectivity index (χ4n) is 5.67. The highest BCUT2D eigenvalue weighted by atomic mass is 14.6. The highest BCUT2D eigenvalue weighted by molar-refractivity contribution is 5.09. The number of hydrogen-bond donors (Lipinski definition) is 0.